The summed E-state index contributed by atoms with van der Waals surface area (Å²) in [5, 5.41) is 33.5. The molecule has 4 aromatic rings. The van der Waals surface area contributed by atoms with Gasteiger partial charge in [0, 0.05) is 29.0 Å². The predicted octanol–water partition coefficient (Wildman–Crippen LogP) is 6.87. The molecule has 0 radical (unpaired) electrons. The molecular weight excluding hydrogens is 554 g/mol. The number of halogens is 2. The fourth-order valence-corrected chi connectivity index (χ4v) is 5.05. The van der Waals surface area contributed by atoms with Crippen LogP contribution in [0, 0.1) is 29.6 Å². The van der Waals surface area contributed by atoms with Crippen LogP contribution in [0.4, 0.5) is 25.4 Å². The quantitative estimate of drug-likeness (QED) is 0.181. The number of nitrogens with one attached hydrogen (secondary N) is 1. The highest BCUT2D eigenvalue weighted by atomic mass is 32.2. The Kier molecular flexibility index (Phi) is 11.2. The summed E-state index contributed by atoms with van der Waals surface area (Å²) in [6, 6.07) is 17.9. The van der Waals surface area contributed by atoms with Gasteiger partial charge in [-0.2, -0.15) is 19.3 Å². The van der Waals surface area contributed by atoms with Gasteiger partial charge < -0.3 is 20.9 Å². The molecule has 0 atom stereocenters. The Bertz CT molecular complexity index is 1500. The van der Waals surface area contributed by atoms with Crippen molar-refractivity contribution in [1.29, 1.82) is 10.5 Å². The summed E-state index contributed by atoms with van der Waals surface area (Å²) in [5.74, 6) is 0.549. The number of hydrogen-bond acceptors (Lipinski definition) is 10. The summed E-state index contributed by atoms with van der Waals surface area (Å²) in [7, 11) is 0. The lowest BCUT2D eigenvalue weighted by Gasteiger charge is -2.13. The van der Waals surface area contributed by atoms with Crippen LogP contribution in [-0.2, 0) is 5.75 Å². The first kappa shape index (κ1) is 30.3. The van der Waals surface area contributed by atoms with Gasteiger partial charge in [0.2, 0.25) is 0 Å². The molecular formula is C28H26F2N6O2S2. The summed E-state index contributed by atoms with van der Waals surface area (Å²) in [6.45, 7) is 1.33. The number of nitriles is 2. The van der Waals surface area contributed by atoms with Gasteiger partial charge in [0.05, 0.1) is 11.3 Å². The van der Waals surface area contributed by atoms with E-state index in [0.717, 1.165) is 23.2 Å². The van der Waals surface area contributed by atoms with Gasteiger partial charge in [-0.1, -0.05) is 48.5 Å². The number of rotatable bonds is 9. The van der Waals surface area contributed by atoms with E-state index in [1.165, 1.54) is 35.2 Å². The SMILES string of the molecule is CCCO.Cc1ccc(-c2c(C#N)c(N)nc(SCc3csc(Nc4ccc(OC(F)F)cc4)n3)c2C#N)cc1. The van der Waals surface area contributed by atoms with E-state index in [4.69, 9.17) is 10.8 Å². The minimum Gasteiger partial charge on any atom is -0.435 e. The molecule has 2 aromatic carbocycles. The average Bonchev–Trinajstić information content (AvgIpc) is 3.40. The number of aliphatic hydroxyl groups excluding tert-OH is 1. The summed E-state index contributed by atoms with van der Waals surface area (Å²) in [4.78, 5) is 8.86. The smallest absolute Gasteiger partial charge is 0.387 e. The van der Waals surface area contributed by atoms with E-state index >= 15 is 0 Å². The Hall–Kier alpha value is -4.23. The van der Waals surface area contributed by atoms with Gasteiger partial charge in [0.15, 0.2) is 5.13 Å². The van der Waals surface area contributed by atoms with Crippen LogP contribution in [0.25, 0.3) is 11.1 Å². The van der Waals surface area contributed by atoms with E-state index in [-0.39, 0.29) is 22.7 Å². The van der Waals surface area contributed by atoms with E-state index in [9.17, 15) is 19.3 Å². The Morgan fingerprint density at radius 2 is 1.73 bits per heavy atom. The van der Waals surface area contributed by atoms with Gasteiger partial charge in [-0.05, 0) is 43.2 Å². The number of benzene rings is 2. The third kappa shape index (κ3) is 8.13. The van der Waals surface area contributed by atoms with Crippen LogP contribution in [0.15, 0.2) is 58.9 Å². The minimum absolute atomic E-state index is 0.0643. The maximum Gasteiger partial charge on any atom is 0.387 e. The number of thiazole rings is 1. The van der Waals surface area contributed by atoms with Crippen molar-refractivity contribution in [2.75, 3.05) is 17.7 Å². The third-order valence-electron chi connectivity index (χ3n) is 5.22. The molecule has 0 aliphatic carbocycles. The fourth-order valence-electron chi connectivity index (χ4n) is 3.33. The molecule has 4 N–H and O–H groups in total. The molecule has 12 heteroatoms. The van der Waals surface area contributed by atoms with Crippen molar-refractivity contribution in [2.24, 2.45) is 0 Å². The number of nitrogens with two attached hydrogens (primary N) is 1. The first-order valence-corrected chi connectivity index (χ1v) is 13.9. The molecule has 2 heterocycles. The lowest BCUT2D eigenvalue weighted by atomic mass is 9.96. The van der Waals surface area contributed by atoms with E-state index in [2.05, 4.69) is 32.2 Å². The van der Waals surface area contributed by atoms with Crippen LogP contribution in [-0.4, -0.2) is 28.3 Å². The molecule has 0 spiro atoms. The number of nitrogen functional groups attached to an aromatic ring is 1. The van der Waals surface area contributed by atoms with Gasteiger partial charge in [0.1, 0.15) is 34.3 Å². The molecule has 2 aromatic heterocycles. The first-order valence-electron chi connectivity index (χ1n) is 12.0. The van der Waals surface area contributed by atoms with Crippen molar-refractivity contribution in [3.05, 3.63) is 76.3 Å². The summed E-state index contributed by atoms with van der Waals surface area (Å²) < 4.78 is 29.0. The molecule has 0 bridgehead atoms. The topological polar surface area (TPSA) is 141 Å². The fraction of sp³-hybridized carbons (Fsp3) is 0.214. The number of aromatic nitrogens is 2. The number of nitrogens with zero attached hydrogens (tertiary/aromatic N) is 4. The van der Waals surface area contributed by atoms with Gasteiger partial charge in [-0.3, -0.25) is 0 Å². The summed E-state index contributed by atoms with van der Waals surface area (Å²) in [6.07, 6.45) is 0.875. The number of hydrogen-bond donors (Lipinski definition) is 3. The highest BCUT2D eigenvalue weighted by molar-refractivity contribution is 7.98. The van der Waals surface area contributed by atoms with Crippen molar-refractivity contribution >= 4 is 39.7 Å². The average molecular weight is 581 g/mol. The van der Waals surface area contributed by atoms with Gasteiger partial charge in [-0.25, -0.2) is 9.97 Å². The Morgan fingerprint density at radius 1 is 1.07 bits per heavy atom. The number of thioether (sulfide) groups is 1. The van der Waals surface area contributed by atoms with E-state index in [0.29, 0.717) is 33.8 Å². The maximum absolute atomic E-state index is 12.3. The van der Waals surface area contributed by atoms with Gasteiger partial charge in [0.25, 0.3) is 0 Å². The van der Waals surface area contributed by atoms with Crippen molar-refractivity contribution in [2.45, 2.75) is 37.7 Å². The highest BCUT2D eigenvalue weighted by Gasteiger charge is 2.21. The highest BCUT2D eigenvalue weighted by Crippen LogP contribution is 2.37. The van der Waals surface area contributed by atoms with E-state index < -0.39 is 6.61 Å². The first-order chi connectivity index (χ1) is 19.3. The lowest BCUT2D eigenvalue weighted by molar-refractivity contribution is -0.0498. The predicted molar refractivity (Wildman–Crippen MR) is 154 cm³/mol. The molecule has 0 fully saturated rings. The number of alkyl halides is 2. The van der Waals surface area contributed by atoms with Crippen LogP contribution in [0.5, 0.6) is 5.75 Å². The Balaban J connectivity index is 0.00000103. The molecule has 40 heavy (non-hydrogen) atoms. The van der Waals surface area contributed by atoms with Crippen LogP contribution < -0.4 is 15.8 Å². The third-order valence-corrected chi connectivity index (χ3v) is 7.03. The van der Waals surface area contributed by atoms with Gasteiger partial charge >= 0.3 is 6.61 Å². The zero-order valence-corrected chi connectivity index (χ0v) is 23.3. The van der Waals surface area contributed by atoms with Crippen molar-refractivity contribution in [3.8, 4) is 29.0 Å². The number of aliphatic hydroxyl groups is 1. The second-order valence-corrected chi connectivity index (χ2v) is 10.0. The van der Waals surface area contributed by atoms with Gasteiger partial charge in [-0.15, -0.1) is 11.3 Å². The van der Waals surface area contributed by atoms with E-state index in [1.807, 2.05) is 43.5 Å². The minimum atomic E-state index is -2.88. The monoisotopic (exact) mass is 580 g/mol. The molecule has 0 saturated heterocycles. The second-order valence-electron chi connectivity index (χ2n) is 8.20. The number of aryl methyl sites for hydroxylation is 1. The zero-order valence-electron chi connectivity index (χ0n) is 21.7. The van der Waals surface area contributed by atoms with E-state index in [1.54, 1.807) is 12.1 Å². The van der Waals surface area contributed by atoms with Crippen molar-refractivity contribution in [1.82, 2.24) is 9.97 Å². The molecule has 0 saturated carbocycles. The summed E-state index contributed by atoms with van der Waals surface area (Å²) in [5.41, 5.74) is 10.2. The lowest BCUT2D eigenvalue weighted by Crippen LogP contribution is -2.03. The molecule has 206 valence electrons. The molecule has 4 rings (SSSR count). The van der Waals surface area contributed by atoms with Crippen molar-refractivity contribution < 1.29 is 18.6 Å². The van der Waals surface area contributed by atoms with Crippen LogP contribution >= 0.6 is 23.1 Å². The van der Waals surface area contributed by atoms with Crippen LogP contribution in [0.2, 0.25) is 0 Å². The standard InChI is InChI=1S/C25H18F2N6OS2.C3H8O/c1-14-2-4-15(5-3-14)21-19(10-28)22(30)33-23(20(21)11-29)35-12-17-13-36-25(32-17)31-16-6-8-18(9-7-16)34-24(26)27;1-2-3-4/h2-9,13,24H,12H2,1H3,(H2,30,33)(H,31,32);4H,2-3H2,1H3. The number of anilines is 3. The zero-order chi connectivity index (χ0) is 29.1. The maximum atomic E-state index is 12.3. The summed E-state index contributed by atoms with van der Waals surface area (Å²) >= 11 is 2.68. The largest absolute Gasteiger partial charge is 0.435 e. The van der Waals surface area contributed by atoms with Crippen LogP contribution in [0.1, 0.15) is 35.7 Å². The second kappa shape index (κ2) is 14.8. The van der Waals surface area contributed by atoms with Crippen molar-refractivity contribution in [3.63, 3.8) is 0 Å². The molecule has 0 amide bonds. The Morgan fingerprint density at radius 3 is 2.30 bits per heavy atom. The number of pyridine rings is 1. The Labute approximate surface area is 239 Å². The molecule has 0 aliphatic heterocycles. The number of ether oxygens (including phenoxy) is 1. The normalized spacial score (nSPS) is 10.3. The van der Waals surface area contributed by atoms with Crippen LogP contribution in [0.3, 0.4) is 0 Å². The molecule has 8 nitrogen and oxygen atoms in total. The molecule has 0 unspecified atom stereocenters. The molecule has 0 aliphatic rings.